The number of oxazole rings is 1. The molecule has 0 bridgehead atoms. The summed E-state index contributed by atoms with van der Waals surface area (Å²) < 4.78 is 16.8. The molecule has 5 aromatic rings. The molecule has 0 atom stereocenters. The predicted octanol–water partition coefficient (Wildman–Crippen LogP) is 7.43. The Hall–Kier alpha value is -3.48. The quantitative estimate of drug-likeness (QED) is 0.289. The number of furan rings is 1. The Kier molecular flexibility index (Phi) is 5.27. The SMILES string of the molecule is COc1c(Cl)cc(-c2nc3cc(NC(=O)c4oc5ccc(C)cc5c4C)ccc3o2)cc1Cl. The van der Waals surface area contributed by atoms with Crippen LogP contribution in [0.25, 0.3) is 33.5 Å². The number of aryl methyl sites for hydroxylation is 2. The van der Waals surface area contributed by atoms with E-state index in [0.717, 1.165) is 16.5 Å². The summed E-state index contributed by atoms with van der Waals surface area (Å²) in [6, 6.07) is 14.4. The average molecular weight is 481 g/mol. The van der Waals surface area contributed by atoms with Crippen molar-refractivity contribution in [1.82, 2.24) is 4.98 Å². The Morgan fingerprint density at radius 3 is 2.42 bits per heavy atom. The van der Waals surface area contributed by atoms with Gasteiger partial charge in [0.2, 0.25) is 5.89 Å². The highest BCUT2D eigenvalue weighted by Gasteiger charge is 2.19. The zero-order valence-electron chi connectivity index (χ0n) is 18.0. The molecular formula is C25H18Cl2N2O4. The van der Waals surface area contributed by atoms with E-state index in [9.17, 15) is 4.79 Å². The maximum absolute atomic E-state index is 12.9. The topological polar surface area (TPSA) is 77.5 Å². The minimum Gasteiger partial charge on any atom is -0.494 e. The Labute approximate surface area is 199 Å². The highest BCUT2D eigenvalue weighted by atomic mass is 35.5. The molecule has 1 amide bonds. The molecule has 0 aliphatic heterocycles. The first-order valence-electron chi connectivity index (χ1n) is 10.1. The minimum absolute atomic E-state index is 0.277. The molecule has 8 heteroatoms. The molecule has 3 aromatic carbocycles. The highest BCUT2D eigenvalue weighted by molar-refractivity contribution is 6.37. The monoisotopic (exact) mass is 480 g/mol. The number of methoxy groups -OCH3 is 1. The van der Waals surface area contributed by atoms with Gasteiger partial charge in [0.05, 0.1) is 17.2 Å². The number of hydrogen-bond acceptors (Lipinski definition) is 5. The predicted molar refractivity (Wildman–Crippen MR) is 130 cm³/mol. The minimum atomic E-state index is -0.335. The smallest absolute Gasteiger partial charge is 0.291 e. The van der Waals surface area contributed by atoms with E-state index in [-0.39, 0.29) is 11.7 Å². The van der Waals surface area contributed by atoms with E-state index in [1.807, 2.05) is 32.0 Å². The zero-order chi connectivity index (χ0) is 23.3. The summed E-state index contributed by atoms with van der Waals surface area (Å²) in [4.78, 5) is 17.4. The van der Waals surface area contributed by atoms with Crippen molar-refractivity contribution in [2.75, 3.05) is 12.4 Å². The lowest BCUT2D eigenvalue weighted by Gasteiger charge is -2.06. The van der Waals surface area contributed by atoms with E-state index < -0.39 is 0 Å². The van der Waals surface area contributed by atoms with E-state index in [4.69, 9.17) is 36.8 Å². The van der Waals surface area contributed by atoms with Crippen LogP contribution >= 0.6 is 23.2 Å². The maximum atomic E-state index is 12.9. The first kappa shape index (κ1) is 21.4. The third kappa shape index (κ3) is 3.81. The summed E-state index contributed by atoms with van der Waals surface area (Å²) in [6.45, 7) is 3.87. The number of aromatic nitrogens is 1. The number of halogens is 2. The van der Waals surface area contributed by atoms with Crippen LogP contribution in [-0.4, -0.2) is 18.0 Å². The molecular weight excluding hydrogens is 463 g/mol. The lowest BCUT2D eigenvalue weighted by atomic mass is 10.1. The summed E-state index contributed by atoms with van der Waals surface area (Å²) in [6.07, 6.45) is 0. The number of hydrogen-bond donors (Lipinski definition) is 1. The fourth-order valence-corrected chi connectivity index (χ4v) is 4.39. The summed E-state index contributed by atoms with van der Waals surface area (Å²) in [5.74, 6) is 0.680. The van der Waals surface area contributed by atoms with Gasteiger partial charge in [-0.15, -0.1) is 0 Å². The summed E-state index contributed by atoms with van der Waals surface area (Å²) in [5.41, 5.74) is 4.88. The number of nitrogens with zero attached hydrogens (tertiary/aromatic N) is 1. The first-order valence-corrected chi connectivity index (χ1v) is 10.8. The number of ether oxygens (including phenoxy) is 1. The van der Waals surface area contributed by atoms with Crippen LogP contribution in [-0.2, 0) is 0 Å². The number of carbonyl (C=O) groups is 1. The first-order chi connectivity index (χ1) is 15.8. The van der Waals surface area contributed by atoms with Crippen LogP contribution in [0.2, 0.25) is 10.0 Å². The van der Waals surface area contributed by atoms with Crippen LogP contribution in [0.15, 0.2) is 57.4 Å². The van der Waals surface area contributed by atoms with Gasteiger partial charge in [-0.1, -0.05) is 34.8 Å². The number of rotatable bonds is 4. The van der Waals surface area contributed by atoms with Crippen molar-refractivity contribution in [1.29, 1.82) is 0 Å². The molecule has 0 unspecified atom stereocenters. The molecule has 0 aliphatic carbocycles. The van der Waals surface area contributed by atoms with E-state index in [1.54, 1.807) is 30.3 Å². The summed E-state index contributed by atoms with van der Waals surface area (Å²) in [7, 11) is 1.50. The van der Waals surface area contributed by atoms with Crippen molar-refractivity contribution in [3.8, 4) is 17.2 Å². The van der Waals surface area contributed by atoms with Gasteiger partial charge in [-0.05, 0) is 56.3 Å². The van der Waals surface area contributed by atoms with Crippen LogP contribution in [0.3, 0.4) is 0 Å². The number of anilines is 1. The Morgan fingerprint density at radius 2 is 1.70 bits per heavy atom. The summed E-state index contributed by atoms with van der Waals surface area (Å²) in [5, 5.41) is 4.51. The average Bonchev–Trinajstić information content (AvgIpc) is 3.34. The lowest BCUT2D eigenvalue weighted by molar-refractivity contribution is 0.0998. The standard InChI is InChI=1S/C25H18Cl2N2O4/c1-12-4-6-20-16(8-12)13(2)22(32-20)24(30)28-15-5-7-21-19(11-15)29-25(33-21)14-9-17(26)23(31-3)18(27)10-14/h4-11H,1-3H3,(H,28,30). The van der Waals surface area contributed by atoms with Crippen LogP contribution in [0.5, 0.6) is 5.75 Å². The summed E-state index contributed by atoms with van der Waals surface area (Å²) >= 11 is 12.5. The molecule has 0 radical (unpaired) electrons. The molecule has 5 rings (SSSR count). The maximum Gasteiger partial charge on any atom is 0.291 e. The van der Waals surface area contributed by atoms with Crippen molar-refractivity contribution in [2.45, 2.75) is 13.8 Å². The van der Waals surface area contributed by atoms with Crippen molar-refractivity contribution in [2.24, 2.45) is 0 Å². The molecule has 166 valence electrons. The van der Waals surface area contributed by atoms with Gasteiger partial charge in [-0.25, -0.2) is 4.98 Å². The number of nitrogens with one attached hydrogen (secondary N) is 1. The van der Waals surface area contributed by atoms with Gasteiger partial charge in [0.25, 0.3) is 5.91 Å². The van der Waals surface area contributed by atoms with Crippen molar-refractivity contribution < 1.29 is 18.4 Å². The Bertz CT molecular complexity index is 1530. The van der Waals surface area contributed by atoms with Crippen LogP contribution in [0, 0.1) is 13.8 Å². The van der Waals surface area contributed by atoms with Gasteiger partial charge in [0, 0.05) is 22.2 Å². The molecule has 33 heavy (non-hydrogen) atoms. The second-order valence-corrected chi connectivity index (χ2v) is 8.50. The van der Waals surface area contributed by atoms with E-state index >= 15 is 0 Å². The molecule has 0 fully saturated rings. The highest BCUT2D eigenvalue weighted by Crippen LogP contribution is 2.38. The molecule has 0 saturated carbocycles. The second-order valence-electron chi connectivity index (χ2n) is 7.68. The number of fused-ring (bicyclic) bond motifs is 2. The van der Waals surface area contributed by atoms with Crippen molar-refractivity contribution >= 4 is 56.9 Å². The normalized spacial score (nSPS) is 11.3. The molecule has 0 aliphatic rings. The van der Waals surface area contributed by atoms with Gasteiger partial charge in [-0.2, -0.15) is 0 Å². The van der Waals surface area contributed by atoms with Crippen LogP contribution in [0.1, 0.15) is 21.7 Å². The Morgan fingerprint density at radius 1 is 0.970 bits per heavy atom. The fourth-order valence-electron chi connectivity index (χ4n) is 3.75. The molecule has 2 aromatic heterocycles. The molecule has 1 N–H and O–H groups in total. The number of amides is 1. The lowest BCUT2D eigenvalue weighted by Crippen LogP contribution is -2.12. The molecule has 6 nitrogen and oxygen atoms in total. The third-order valence-corrected chi connectivity index (χ3v) is 5.95. The van der Waals surface area contributed by atoms with Crippen LogP contribution in [0.4, 0.5) is 5.69 Å². The van der Waals surface area contributed by atoms with Gasteiger partial charge >= 0.3 is 0 Å². The van der Waals surface area contributed by atoms with Crippen molar-refractivity contribution in [3.05, 3.63) is 75.5 Å². The largest absolute Gasteiger partial charge is 0.494 e. The van der Waals surface area contributed by atoms with E-state index in [1.165, 1.54) is 7.11 Å². The molecule has 0 saturated heterocycles. The zero-order valence-corrected chi connectivity index (χ0v) is 19.5. The van der Waals surface area contributed by atoms with E-state index in [2.05, 4.69) is 10.3 Å². The van der Waals surface area contributed by atoms with Gasteiger partial charge in [0.1, 0.15) is 11.1 Å². The van der Waals surface area contributed by atoms with Crippen LogP contribution < -0.4 is 10.1 Å². The fraction of sp³-hybridized carbons (Fsp3) is 0.120. The Balaban J connectivity index is 1.45. The van der Waals surface area contributed by atoms with E-state index in [0.29, 0.717) is 49.6 Å². The van der Waals surface area contributed by atoms with Crippen molar-refractivity contribution in [3.63, 3.8) is 0 Å². The van der Waals surface area contributed by atoms with Gasteiger partial charge in [0.15, 0.2) is 17.1 Å². The molecule has 0 spiro atoms. The number of carbonyl (C=O) groups excluding carboxylic acids is 1. The molecule has 2 heterocycles. The third-order valence-electron chi connectivity index (χ3n) is 5.39. The second kappa shape index (κ2) is 8.14. The van der Waals surface area contributed by atoms with Gasteiger partial charge in [-0.3, -0.25) is 4.79 Å². The number of benzene rings is 3. The van der Waals surface area contributed by atoms with Gasteiger partial charge < -0.3 is 18.9 Å².